The molecule has 1 atom stereocenters. The van der Waals surface area contributed by atoms with Gasteiger partial charge in [0, 0.05) is 19.3 Å². The second-order valence-electron chi connectivity index (χ2n) is 15.8. The van der Waals surface area contributed by atoms with E-state index >= 15 is 0 Å². The largest absolute Gasteiger partial charge is 0.462 e. The van der Waals surface area contributed by atoms with Gasteiger partial charge in [-0.25, -0.2) is 0 Å². The fourth-order valence-corrected chi connectivity index (χ4v) is 6.41. The van der Waals surface area contributed by atoms with Crippen LogP contribution in [-0.4, -0.2) is 37.2 Å². The summed E-state index contributed by atoms with van der Waals surface area (Å²) in [4.78, 5) is 37.8. The third kappa shape index (κ3) is 44.0. The van der Waals surface area contributed by atoms with Crippen LogP contribution in [0, 0.1) is 0 Å². The monoisotopic (exact) mass is 809 g/mol. The zero-order valence-electron chi connectivity index (χ0n) is 37.8. The molecule has 0 spiro atoms. The van der Waals surface area contributed by atoms with Crippen LogP contribution in [-0.2, 0) is 28.6 Å². The standard InChI is InChI=1S/C52H88O6/c1-4-7-10-13-16-19-22-24-25-26-27-28-29-31-33-36-39-42-45-51(54)57-48-49(47-56-50(53)44-41-38-35-32-21-18-15-12-9-6-3)58-52(55)46-43-40-37-34-30-23-20-17-14-11-8-5-2/h10,13,16-17,19-20,22,24-28,49H,4-9,11-12,14-15,18,21,23,29-48H2,1-3H3/b13-10-,19-16-,20-17-,24-22-,26-25-,28-27-. The number of carbonyl (C=O) groups excluding carboxylic acids is 3. The normalized spacial score (nSPS) is 12.7. The van der Waals surface area contributed by atoms with Crippen LogP contribution >= 0.6 is 0 Å². The number of carbonyl (C=O) groups is 3. The molecule has 0 aromatic heterocycles. The van der Waals surface area contributed by atoms with Crippen LogP contribution in [0.2, 0.25) is 0 Å². The Morgan fingerprint density at radius 2 is 0.672 bits per heavy atom. The first kappa shape index (κ1) is 54.9. The van der Waals surface area contributed by atoms with Gasteiger partial charge >= 0.3 is 17.9 Å². The van der Waals surface area contributed by atoms with Crippen molar-refractivity contribution in [3.8, 4) is 0 Å². The minimum atomic E-state index is -0.786. The van der Waals surface area contributed by atoms with E-state index in [2.05, 4.69) is 69.4 Å². The van der Waals surface area contributed by atoms with E-state index in [0.29, 0.717) is 19.3 Å². The Balaban J connectivity index is 4.42. The van der Waals surface area contributed by atoms with Gasteiger partial charge < -0.3 is 14.2 Å². The average molecular weight is 809 g/mol. The molecule has 0 aliphatic carbocycles. The van der Waals surface area contributed by atoms with E-state index in [1.165, 1.54) is 83.5 Å². The first-order valence-electron chi connectivity index (χ1n) is 24.0. The zero-order valence-corrected chi connectivity index (χ0v) is 37.8. The molecular weight excluding hydrogens is 721 g/mol. The summed E-state index contributed by atoms with van der Waals surface area (Å²) in [7, 11) is 0. The van der Waals surface area contributed by atoms with Gasteiger partial charge in [-0.3, -0.25) is 14.4 Å². The van der Waals surface area contributed by atoms with Gasteiger partial charge in [0.05, 0.1) is 0 Å². The molecule has 0 aliphatic rings. The Kier molecular flexibility index (Phi) is 44.0. The van der Waals surface area contributed by atoms with Crippen molar-refractivity contribution in [2.24, 2.45) is 0 Å². The summed E-state index contributed by atoms with van der Waals surface area (Å²) < 4.78 is 16.7. The van der Waals surface area contributed by atoms with Gasteiger partial charge in [0.1, 0.15) is 13.2 Å². The second-order valence-corrected chi connectivity index (χ2v) is 15.8. The van der Waals surface area contributed by atoms with Gasteiger partial charge in [0.2, 0.25) is 0 Å². The Hall–Kier alpha value is -3.15. The molecule has 1 unspecified atom stereocenters. The molecule has 0 aliphatic heterocycles. The predicted octanol–water partition coefficient (Wildman–Crippen LogP) is 15.5. The van der Waals surface area contributed by atoms with Gasteiger partial charge in [-0.15, -0.1) is 0 Å². The quantitative estimate of drug-likeness (QED) is 0.0201. The lowest BCUT2D eigenvalue weighted by molar-refractivity contribution is -0.167. The summed E-state index contributed by atoms with van der Waals surface area (Å²) in [5.41, 5.74) is 0. The first-order chi connectivity index (χ1) is 28.5. The molecule has 0 radical (unpaired) electrons. The van der Waals surface area contributed by atoms with E-state index in [4.69, 9.17) is 14.2 Å². The van der Waals surface area contributed by atoms with Crippen molar-refractivity contribution < 1.29 is 28.6 Å². The molecule has 332 valence electrons. The summed E-state index contributed by atoms with van der Waals surface area (Å²) in [6, 6.07) is 0. The molecule has 0 aromatic rings. The highest BCUT2D eigenvalue weighted by Crippen LogP contribution is 2.14. The lowest BCUT2D eigenvalue weighted by atomic mass is 10.1. The van der Waals surface area contributed by atoms with Crippen molar-refractivity contribution >= 4 is 17.9 Å². The smallest absolute Gasteiger partial charge is 0.306 e. The van der Waals surface area contributed by atoms with Gasteiger partial charge in [-0.2, -0.15) is 0 Å². The van der Waals surface area contributed by atoms with Crippen LogP contribution in [0.15, 0.2) is 72.9 Å². The molecule has 0 rings (SSSR count). The highest BCUT2D eigenvalue weighted by molar-refractivity contribution is 5.71. The topological polar surface area (TPSA) is 78.9 Å². The summed E-state index contributed by atoms with van der Waals surface area (Å²) in [5, 5.41) is 0. The van der Waals surface area contributed by atoms with Crippen molar-refractivity contribution in [2.75, 3.05) is 13.2 Å². The van der Waals surface area contributed by atoms with Gasteiger partial charge in [-0.05, 0) is 64.2 Å². The maximum Gasteiger partial charge on any atom is 0.306 e. The lowest BCUT2D eigenvalue weighted by Gasteiger charge is -2.18. The number of ether oxygens (including phenoxy) is 3. The summed E-state index contributed by atoms with van der Waals surface area (Å²) in [6.45, 7) is 6.47. The second kappa shape index (κ2) is 46.5. The molecule has 0 amide bonds. The molecule has 0 fully saturated rings. The van der Waals surface area contributed by atoms with Crippen molar-refractivity contribution in [3.63, 3.8) is 0 Å². The Labute approximate surface area is 357 Å². The molecule has 6 heteroatoms. The maximum atomic E-state index is 12.7. The van der Waals surface area contributed by atoms with Gasteiger partial charge in [0.25, 0.3) is 0 Å². The summed E-state index contributed by atoms with van der Waals surface area (Å²) in [6.07, 6.45) is 57.3. The molecule has 0 aromatic carbocycles. The van der Waals surface area contributed by atoms with Crippen molar-refractivity contribution in [2.45, 2.75) is 226 Å². The number of esters is 3. The zero-order chi connectivity index (χ0) is 42.3. The number of rotatable bonds is 42. The van der Waals surface area contributed by atoms with E-state index in [1.807, 2.05) is 24.3 Å². The Morgan fingerprint density at radius 3 is 1.12 bits per heavy atom. The van der Waals surface area contributed by atoms with Crippen molar-refractivity contribution in [1.82, 2.24) is 0 Å². The molecule has 0 bridgehead atoms. The van der Waals surface area contributed by atoms with E-state index < -0.39 is 6.10 Å². The summed E-state index contributed by atoms with van der Waals surface area (Å²) >= 11 is 0. The Bertz CT molecular complexity index is 1110. The van der Waals surface area contributed by atoms with Crippen molar-refractivity contribution in [3.05, 3.63) is 72.9 Å². The average Bonchev–Trinajstić information content (AvgIpc) is 3.22. The third-order valence-electron chi connectivity index (χ3n) is 10.0. The van der Waals surface area contributed by atoms with E-state index in [0.717, 1.165) is 96.3 Å². The SMILES string of the molecule is CCC\C=C/C=C\C=C/C=C\C=C/CCCCCCCC(=O)OCC(COC(=O)CCCCCCCCCCCC)OC(=O)CCCCCCC/C=C\CCCCC. The number of allylic oxidation sites excluding steroid dienone is 12. The minimum absolute atomic E-state index is 0.0864. The lowest BCUT2D eigenvalue weighted by Crippen LogP contribution is -2.30. The van der Waals surface area contributed by atoms with E-state index in [1.54, 1.807) is 0 Å². The molecule has 0 saturated carbocycles. The predicted molar refractivity (Wildman–Crippen MR) is 247 cm³/mol. The van der Waals surface area contributed by atoms with Gasteiger partial charge in [0.15, 0.2) is 6.10 Å². The van der Waals surface area contributed by atoms with Crippen LogP contribution in [0.4, 0.5) is 0 Å². The molecule has 6 nitrogen and oxygen atoms in total. The highest BCUT2D eigenvalue weighted by atomic mass is 16.6. The van der Waals surface area contributed by atoms with Crippen LogP contribution in [0.3, 0.4) is 0 Å². The van der Waals surface area contributed by atoms with Crippen LogP contribution in [0.5, 0.6) is 0 Å². The van der Waals surface area contributed by atoms with E-state index in [9.17, 15) is 14.4 Å². The molecule has 0 saturated heterocycles. The molecule has 58 heavy (non-hydrogen) atoms. The maximum absolute atomic E-state index is 12.7. The summed E-state index contributed by atoms with van der Waals surface area (Å²) in [5.74, 6) is -0.926. The van der Waals surface area contributed by atoms with E-state index in [-0.39, 0.29) is 31.1 Å². The van der Waals surface area contributed by atoms with Gasteiger partial charge in [-0.1, -0.05) is 209 Å². The van der Waals surface area contributed by atoms with Crippen LogP contribution in [0.25, 0.3) is 0 Å². The first-order valence-corrected chi connectivity index (χ1v) is 24.0. The minimum Gasteiger partial charge on any atom is -0.462 e. The van der Waals surface area contributed by atoms with Crippen molar-refractivity contribution in [1.29, 1.82) is 0 Å². The fourth-order valence-electron chi connectivity index (χ4n) is 6.41. The molecule has 0 heterocycles. The highest BCUT2D eigenvalue weighted by Gasteiger charge is 2.19. The van der Waals surface area contributed by atoms with Crippen LogP contribution in [0.1, 0.15) is 220 Å². The number of hydrogen-bond donors (Lipinski definition) is 0. The third-order valence-corrected chi connectivity index (χ3v) is 10.0. The number of hydrogen-bond acceptors (Lipinski definition) is 6. The molecular formula is C52H88O6. The fraction of sp³-hybridized carbons (Fsp3) is 0.712. The molecule has 0 N–H and O–H groups in total. The Morgan fingerprint density at radius 1 is 0.345 bits per heavy atom. The van der Waals surface area contributed by atoms with Crippen LogP contribution < -0.4 is 0 Å². The number of unbranched alkanes of at least 4 members (excludes halogenated alkanes) is 23.